The Morgan fingerprint density at radius 2 is 2.12 bits per heavy atom. The van der Waals surface area contributed by atoms with E-state index in [1.807, 2.05) is 13.8 Å². The number of nitro groups is 1. The molecule has 1 rings (SSSR count). The van der Waals surface area contributed by atoms with Crippen molar-refractivity contribution in [2.45, 2.75) is 19.8 Å². The molecule has 0 atom stereocenters. The summed E-state index contributed by atoms with van der Waals surface area (Å²) in [6.07, 6.45) is 1.31. The van der Waals surface area contributed by atoms with Crippen LogP contribution in [0.1, 0.15) is 25.3 Å². The van der Waals surface area contributed by atoms with Gasteiger partial charge in [-0.1, -0.05) is 13.8 Å². The van der Waals surface area contributed by atoms with Crippen LogP contribution >= 0.6 is 15.9 Å². The number of nitro benzene ring substituents is 1. The number of rotatable bonds is 3. The molecule has 1 aromatic carbocycles. The van der Waals surface area contributed by atoms with Gasteiger partial charge in [0.15, 0.2) is 5.69 Å². The molecule has 0 saturated carbocycles. The van der Waals surface area contributed by atoms with Gasteiger partial charge in [-0.3, -0.25) is 10.1 Å². The van der Waals surface area contributed by atoms with Gasteiger partial charge in [-0.2, -0.15) is 4.99 Å². The summed E-state index contributed by atoms with van der Waals surface area (Å²) in [5.41, 5.74) is 0.620. The van der Waals surface area contributed by atoms with Gasteiger partial charge < -0.3 is 0 Å². The number of benzene rings is 1. The molecule has 0 fully saturated rings. The summed E-state index contributed by atoms with van der Waals surface area (Å²) in [7, 11) is 0. The van der Waals surface area contributed by atoms with Crippen molar-refractivity contribution >= 4 is 33.4 Å². The third-order valence-electron chi connectivity index (χ3n) is 2.09. The average molecular weight is 285 g/mol. The fourth-order valence-electron chi connectivity index (χ4n) is 1.23. The van der Waals surface area contributed by atoms with E-state index in [-0.39, 0.29) is 17.3 Å². The lowest BCUT2D eigenvalue weighted by Crippen LogP contribution is -1.94. The molecule has 0 radical (unpaired) electrons. The minimum absolute atomic E-state index is 0.00407. The summed E-state index contributed by atoms with van der Waals surface area (Å²) in [5, 5.41) is 10.8. The Labute approximate surface area is 100 Å². The van der Waals surface area contributed by atoms with Crippen LogP contribution in [0, 0.1) is 10.1 Å². The molecule has 16 heavy (non-hydrogen) atoms. The van der Waals surface area contributed by atoms with E-state index >= 15 is 0 Å². The second-order valence-corrected chi connectivity index (χ2v) is 4.34. The Balaban J connectivity index is 3.51. The zero-order valence-corrected chi connectivity index (χ0v) is 10.3. The highest BCUT2D eigenvalue weighted by atomic mass is 79.9. The number of nitrogens with zero attached hydrogens (tertiary/aromatic N) is 2. The van der Waals surface area contributed by atoms with E-state index in [1.54, 1.807) is 6.07 Å². The number of isocyanates is 1. The van der Waals surface area contributed by atoms with Crippen molar-refractivity contribution in [2.24, 2.45) is 4.99 Å². The van der Waals surface area contributed by atoms with E-state index in [4.69, 9.17) is 0 Å². The summed E-state index contributed by atoms with van der Waals surface area (Å²) < 4.78 is 0.425. The van der Waals surface area contributed by atoms with Crippen molar-refractivity contribution in [3.8, 4) is 0 Å². The highest BCUT2D eigenvalue weighted by Crippen LogP contribution is 2.37. The van der Waals surface area contributed by atoms with Crippen LogP contribution in [-0.2, 0) is 4.79 Å². The topological polar surface area (TPSA) is 72.6 Å². The third-order valence-corrected chi connectivity index (χ3v) is 2.69. The smallest absolute Gasteiger partial charge is 0.258 e. The van der Waals surface area contributed by atoms with Crippen LogP contribution in [0.3, 0.4) is 0 Å². The van der Waals surface area contributed by atoms with Crippen molar-refractivity contribution < 1.29 is 9.72 Å². The van der Waals surface area contributed by atoms with Gasteiger partial charge in [0.2, 0.25) is 6.08 Å². The first-order valence-corrected chi connectivity index (χ1v) is 5.32. The summed E-state index contributed by atoms with van der Waals surface area (Å²) >= 11 is 3.16. The molecule has 0 heterocycles. The highest BCUT2D eigenvalue weighted by molar-refractivity contribution is 9.10. The van der Waals surface area contributed by atoms with Crippen LogP contribution < -0.4 is 0 Å². The standard InChI is InChI=1S/C10H9BrN2O3/c1-6(2)7-3-8(11)10(12-5-14)9(4-7)13(15)16/h3-4,6H,1-2H3. The molecule has 6 heteroatoms. The monoisotopic (exact) mass is 284 g/mol. The van der Waals surface area contributed by atoms with E-state index < -0.39 is 4.92 Å². The first-order valence-electron chi connectivity index (χ1n) is 4.53. The maximum atomic E-state index is 10.8. The Bertz CT molecular complexity index is 479. The van der Waals surface area contributed by atoms with Crippen LogP contribution in [0.4, 0.5) is 11.4 Å². The molecular weight excluding hydrogens is 276 g/mol. The predicted octanol–water partition coefficient (Wildman–Crippen LogP) is 3.45. The van der Waals surface area contributed by atoms with Crippen molar-refractivity contribution in [1.82, 2.24) is 0 Å². The average Bonchev–Trinajstić information content (AvgIpc) is 2.20. The minimum Gasteiger partial charge on any atom is -0.258 e. The normalized spacial score (nSPS) is 10.0. The fraction of sp³-hybridized carbons (Fsp3) is 0.300. The van der Waals surface area contributed by atoms with Crippen LogP contribution in [0.25, 0.3) is 0 Å². The SMILES string of the molecule is CC(C)c1cc(Br)c(N=C=O)c([N+](=O)[O-])c1. The molecule has 0 N–H and O–H groups in total. The van der Waals surface area contributed by atoms with Crippen LogP contribution in [-0.4, -0.2) is 11.0 Å². The highest BCUT2D eigenvalue weighted by Gasteiger charge is 2.19. The van der Waals surface area contributed by atoms with Crippen LogP contribution in [0.5, 0.6) is 0 Å². The van der Waals surface area contributed by atoms with Gasteiger partial charge in [0.25, 0.3) is 5.69 Å². The maximum absolute atomic E-state index is 10.8. The van der Waals surface area contributed by atoms with E-state index in [9.17, 15) is 14.9 Å². The van der Waals surface area contributed by atoms with E-state index in [0.717, 1.165) is 5.56 Å². The molecule has 1 aromatic rings. The van der Waals surface area contributed by atoms with Gasteiger partial charge in [-0.25, -0.2) is 4.79 Å². The molecule has 0 bridgehead atoms. The quantitative estimate of drug-likeness (QED) is 0.369. The largest absolute Gasteiger partial charge is 0.297 e. The second-order valence-electron chi connectivity index (χ2n) is 3.49. The summed E-state index contributed by atoms with van der Waals surface area (Å²) in [5.74, 6) is 0.157. The van der Waals surface area contributed by atoms with Crippen molar-refractivity contribution in [1.29, 1.82) is 0 Å². The zero-order valence-electron chi connectivity index (χ0n) is 8.73. The van der Waals surface area contributed by atoms with Gasteiger partial charge in [0, 0.05) is 6.07 Å². The van der Waals surface area contributed by atoms with Crippen molar-refractivity contribution in [2.75, 3.05) is 0 Å². The molecule has 0 aromatic heterocycles. The molecule has 0 aliphatic carbocycles. The molecule has 0 aliphatic heterocycles. The number of carbonyl (C=O) groups excluding carboxylic acids is 1. The van der Waals surface area contributed by atoms with Gasteiger partial charge >= 0.3 is 0 Å². The molecule has 0 unspecified atom stereocenters. The number of hydrogen-bond acceptors (Lipinski definition) is 4. The minimum atomic E-state index is -0.563. The lowest BCUT2D eigenvalue weighted by atomic mass is 10.0. The number of aliphatic imine (C=N–C) groups is 1. The Kier molecular flexibility index (Phi) is 3.93. The maximum Gasteiger partial charge on any atom is 0.297 e. The van der Waals surface area contributed by atoms with Gasteiger partial charge in [0.05, 0.1) is 9.40 Å². The summed E-state index contributed by atoms with van der Waals surface area (Å²) in [6.45, 7) is 3.85. The molecule has 5 nitrogen and oxygen atoms in total. The lowest BCUT2D eigenvalue weighted by Gasteiger charge is -2.07. The summed E-state index contributed by atoms with van der Waals surface area (Å²) in [4.78, 5) is 23.8. The molecule has 0 amide bonds. The van der Waals surface area contributed by atoms with Crippen LogP contribution in [0.2, 0.25) is 0 Å². The van der Waals surface area contributed by atoms with Crippen molar-refractivity contribution in [3.05, 3.63) is 32.3 Å². The number of halogens is 1. The lowest BCUT2D eigenvalue weighted by molar-refractivity contribution is -0.384. The van der Waals surface area contributed by atoms with E-state index in [2.05, 4.69) is 20.9 Å². The van der Waals surface area contributed by atoms with Crippen molar-refractivity contribution in [3.63, 3.8) is 0 Å². The first-order chi connectivity index (χ1) is 7.47. The van der Waals surface area contributed by atoms with Gasteiger partial charge in [0.1, 0.15) is 0 Å². The predicted molar refractivity (Wildman–Crippen MR) is 62.7 cm³/mol. The molecule has 84 valence electrons. The van der Waals surface area contributed by atoms with Crippen LogP contribution in [0.15, 0.2) is 21.6 Å². The zero-order chi connectivity index (χ0) is 12.3. The molecule has 0 saturated heterocycles. The van der Waals surface area contributed by atoms with Gasteiger partial charge in [-0.05, 0) is 33.5 Å². The van der Waals surface area contributed by atoms with Gasteiger partial charge in [-0.15, -0.1) is 0 Å². The first kappa shape index (κ1) is 12.5. The van der Waals surface area contributed by atoms with E-state index in [1.165, 1.54) is 12.1 Å². The Morgan fingerprint density at radius 1 is 1.50 bits per heavy atom. The Hall–Kier alpha value is -1.52. The fourth-order valence-corrected chi connectivity index (χ4v) is 1.79. The molecular formula is C10H9BrN2O3. The second kappa shape index (κ2) is 5.01. The number of hydrogen-bond donors (Lipinski definition) is 0. The molecule has 0 spiro atoms. The third kappa shape index (κ3) is 2.53. The Morgan fingerprint density at radius 3 is 2.56 bits per heavy atom. The molecule has 0 aliphatic rings. The van der Waals surface area contributed by atoms with E-state index in [0.29, 0.717) is 4.47 Å². The summed E-state index contributed by atoms with van der Waals surface area (Å²) in [6, 6.07) is 3.14.